The molecule has 0 aromatic carbocycles. The standard InChI is InChI=1S/C8H12N2OS/c1-10(2)4-6-3-9-8(12-6)7-5-11-7/h3,7H,4-5H2,1-2H3/t7-/m0/s1. The highest BCUT2D eigenvalue weighted by atomic mass is 32.1. The van der Waals surface area contributed by atoms with Gasteiger partial charge in [-0.05, 0) is 14.1 Å². The molecule has 1 aromatic heterocycles. The van der Waals surface area contributed by atoms with Crippen molar-refractivity contribution in [2.75, 3.05) is 20.7 Å². The van der Waals surface area contributed by atoms with E-state index in [2.05, 4.69) is 24.0 Å². The molecule has 0 amide bonds. The van der Waals surface area contributed by atoms with E-state index in [1.807, 2.05) is 6.20 Å². The lowest BCUT2D eigenvalue weighted by Crippen LogP contribution is -2.09. The van der Waals surface area contributed by atoms with Gasteiger partial charge in [-0.1, -0.05) is 0 Å². The first-order valence-electron chi connectivity index (χ1n) is 3.96. The Kier molecular flexibility index (Phi) is 2.12. The number of rotatable bonds is 3. The zero-order valence-corrected chi connectivity index (χ0v) is 8.10. The molecule has 1 aliphatic heterocycles. The quantitative estimate of drug-likeness (QED) is 0.662. The highest BCUT2D eigenvalue weighted by molar-refractivity contribution is 7.11. The molecule has 0 N–H and O–H groups in total. The summed E-state index contributed by atoms with van der Waals surface area (Å²) in [5.41, 5.74) is 0. The fraction of sp³-hybridized carbons (Fsp3) is 0.625. The third-order valence-electron chi connectivity index (χ3n) is 1.65. The van der Waals surface area contributed by atoms with Gasteiger partial charge >= 0.3 is 0 Å². The minimum atomic E-state index is 0.311. The smallest absolute Gasteiger partial charge is 0.132 e. The molecule has 1 saturated heterocycles. The van der Waals surface area contributed by atoms with Gasteiger partial charge in [-0.25, -0.2) is 4.98 Å². The second-order valence-electron chi connectivity index (χ2n) is 3.22. The number of hydrogen-bond donors (Lipinski definition) is 0. The first kappa shape index (κ1) is 8.16. The fourth-order valence-electron chi connectivity index (χ4n) is 1.05. The van der Waals surface area contributed by atoms with E-state index < -0.39 is 0 Å². The van der Waals surface area contributed by atoms with Crippen LogP contribution >= 0.6 is 11.3 Å². The van der Waals surface area contributed by atoms with Crippen LogP contribution in [-0.4, -0.2) is 30.6 Å². The summed E-state index contributed by atoms with van der Waals surface area (Å²) in [6.07, 6.45) is 2.26. The van der Waals surface area contributed by atoms with Crippen molar-refractivity contribution < 1.29 is 4.74 Å². The fourth-order valence-corrected chi connectivity index (χ4v) is 2.12. The molecular weight excluding hydrogens is 172 g/mol. The van der Waals surface area contributed by atoms with E-state index in [1.54, 1.807) is 11.3 Å². The number of thiazole rings is 1. The van der Waals surface area contributed by atoms with Crippen LogP contribution in [0.4, 0.5) is 0 Å². The Balaban J connectivity index is 2.03. The minimum absolute atomic E-state index is 0.311. The van der Waals surface area contributed by atoms with Crippen molar-refractivity contribution in [3.63, 3.8) is 0 Å². The minimum Gasteiger partial charge on any atom is -0.365 e. The summed E-state index contributed by atoms with van der Waals surface area (Å²) < 4.78 is 5.15. The van der Waals surface area contributed by atoms with Crippen molar-refractivity contribution in [3.05, 3.63) is 16.1 Å². The van der Waals surface area contributed by atoms with Crippen LogP contribution in [0.15, 0.2) is 6.20 Å². The van der Waals surface area contributed by atoms with E-state index in [9.17, 15) is 0 Å². The topological polar surface area (TPSA) is 28.7 Å². The lowest BCUT2D eigenvalue weighted by molar-refractivity contribution is 0.406. The number of hydrogen-bond acceptors (Lipinski definition) is 4. The molecule has 0 unspecified atom stereocenters. The lowest BCUT2D eigenvalue weighted by Gasteiger charge is -2.05. The van der Waals surface area contributed by atoms with E-state index in [0.717, 1.165) is 18.2 Å². The van der Waals surface area contributed by atoms with Gasteiger partial charge in [0, 0.05) is 17.6 Å². The normalized spacial score (nSPS) is 21.8. The maximum Gasteiger partial charge on any atom is 0.132 e. The average molecular weight is 184 g/mol. The van der Waals surface area contributed by atoms with E-state index in [-0.39, 0.29) is 0 Å². The number of ether oxygens (including phenoxy) is 1. The summed E-state index contributed by atoms with van der Waals surface area (Å²) in [7, 11) is 4.13. The highest BCUT2D eigenvalue weighted by Crippen LogP contribution is 2.32. The van der Waals surface area contributed by atoms with Crippen molar-refractivity contribution >= 4 is 11.3 Å². The molecule has 1 aromatic rings. The molecule has 0 aliphatic carbocycles. The largest absolute Gasteiger partial charge is 0.365 e. The summed E-state index contributed by atoms with van der Waals surface area (Å²) in [4.78, 5) is 7.75. The van der Waals surface area contributed by atoms with Crippen LogP contribution in [0, 0.1) is 0 Å². The monoisotopic (exact) mass is 184 g/mol. The maximum absolute atomic E-state index is 5.15. The predicted molar refractivity (Wildman–Crippen MR) is 48.2 cm³/mol. The first-order valence-corrected chi connectivity index (χ1v) is 4.78. The zero-order valence-electron chi connectivity index (χ0n) is 7.28. The summed E-state index contributed by atoms with van der Waals surface area (Å²) in [6.45, 7) is 1.83. The van der Waals surface area contributed by atoms with Crippen molar-refractivity contribution in [1.29, 1.82) is 0 Å². The number of epoxide rings is 1. The van der Waals surface area contributed by atoms with E-state index in [1.165, 1.54) is 4.88 Å². The first-order chi connectivity index (χ1) is 5.75. The Morgan fingerprint density at radius 3 is 3.08 bits per heavy atom. The predicted octanol–water partition coefficient (Wildman–Crippen LogP) is 1.28. The Hall–Kier alpha value is -0.450. The summed E-state index contributed by atoms with van der Waals surface area (Å²) >= 11 is 1.75. The molecule has 1 aliphatic rings. The molecule has 1 atom stereocenters. The Morgan fingerprint density at radius 2 is 2.50 bits per heavy atom. The van der Waals surface area contributed by atoms with Crippen molar-refractivity contribution in [3.8, 4) is 0 Å². The van der Waals surface area contributed by atoms with Gasteiger partial charge in [-0.15, -0.1) is 11.3 Å². The Morgan fingerprint density at radius 1 is 1.75 bits per heavy atom. The van der Waals surface area contributed by atoms with Crippen molar-refractivity contribution in [2.24, 2.45) is 0 Å². The summed E-state index contributed by atoms with van der Waals surface area (Å²) in [5.74, 6) is 0. The molecule has 66 valence electrons. The van der Waals surface area contributed by atoms with Crippen LogP contribution < -0.4 is 0 Å². The van der Waals surface area contributed by atoms with Crippen LogP contribution in [0.5, 0.6) is 0 Å². The van der Waals surface area contributed by atoms with Gasteiger partial charge in [-0.3, -0.25) is 0 Å². The molecule has 0 bridgehead atoms. The van der Waals surface area contributed by atoms with Gasteiger partial charge in [0.25, 0.3) is 0 Å². The van der Waals surface area contributed by atoms with E-state index in [4.69, 9.17) is 4.74 Å². The van der Waals surface area contributed by atoms with Gasteiger partial charge < -0.3 is 9.64 Å². The molecule has 12 heavy (non-hydrogen) atoms. The van der Waals surface area contributed by atoms with Gasteiger partial charge in [-0.2, -0.15) is 0 Å². The van der Waals surface area contributed by atoms with Gasteiger partial charge in [0.2, 0.25) is 0 Å². The third kappa shape index (κ3) is 1.83. The molecule has 0 saturated carbocycles. The molecule has 2 rings (SSSR count). The molecule has 3 nitrogen and oxygen atoms in total. The molecule has 0 radical (unpaired) electrons. The number of aromatic nitrogens is 1. The van der Waals surface area contributed by atoms with Gasteiger partial charge in [0.05, 0.1) is 6.61 Å². The van der Waals surface area contributed by atoms with Crippen molar-refractivity contribution in [2.45, 2.75) is 12.6 Å². The number of nitrogens with zero attached hydrogens (tertiary/aromatic N) is 2. The Bertz CT molecular complexity index is 268. The second-order valence-corrected chi connectivity index (χ2v) is 4.37. The van der Waals surface area contributed by atoms with Crippen LogP contribution in [-0.2, 0) is 11.3 Å². The lowest BCUT2D eigenvalue weighted by atomic mass is 10.5. The highest BCUT2D eigenvalue weighted by Gasteiger charge is 2.27. The molecule has 4 heteroatoms. The summed E-state index contributed by atoms with van der Waals surface area (Å²) in [6, 6.07) is 0. The molecule has 0 spiro atoms. The summed E-state index contributed by atoms with van der Waals surface area (Å²) in [5, 5.41) is 1.13. The molecule has 1 fully saturated rings. The maximum atomic E-state index is 5.15. The third-order valence-corrected chi connectivity index (χ3v) is 2.73. The Labute approximate surface area is 76.0 Å². The zero-order chi connectivity index (χ0) is 8.55. The van der Waals surface area contributed by atoms with Gasteiger partial charge in [0.15, 0.2) is 0 Å². The molecule has 2 heterocycles. The average Bonchev–Trinajstić information content (AvgIpc) is 2.73. The van der Waals surface area contributed by atoms with Crippen molar-refractivity contribution in [1.82, 2.24) is 9.88 Å². The van der Waals surface area contributed by atoms with Gasteiger partial charge in [0.1, 0.15) is 11.1 Å². The van der Waals surface area contributed by atoms with E-state index in [0.29, 0.717) is 6.10 Å². The second kappa shape index (κ2) is 3.12. The molecular formula is C8H12N2OS. The van der Waals surface area contributed by atoms with Crippen LogP contribution in [0.1, 0.15) is 16.0 Å². The van der Waals surface area contributed by atoms with Crippen LogP contribution in [0.3, 0.4) is 0 Å². The van der Waals surface area contributed by atoms with Crippen LogP contribution in [0.2, 0.25) is 0 Å². The van der Waals surface area contributed by atoms with E-state index >= 15 is 0 Å². The SMILES string of the molecule is CN(C)Cc1cnc([C@@H]2CO2)s1. The van der Waals surface area contributed by atoms with Crippen LogP contribution in [0.25, 0.3) is 0 Å².